The van der Waals surface area contributed by atoms with E-state index < -0.39 is 48.9 Å². The van der Waals surface area contributed by atoms with Crippen molar-refractivity contribution in [3.05, 3.63) is 36.5 Å². The van der Waals surface area contributed by atoms with E-state index in [0.29, 0.717) is 10.5 Å². The van der Waals surface area contributed by atoms with Crippen molar-refractivity contribution in [2.24, 2.45) is 0 Å². The van der Waals surface area contributed by atoms with Crippen molar-refractivity contribution in [1.29, 1.82) is 0 Å². The van der Waals surface area contributed by atoms with Crippen LogP contribution in [0.3, 0.4) is 0 Å². The van der Waals surface area contributed by atoms with Crippen molar-refractivity contribution in [3.63, 3.8) is 0 Å². The van der Waals surface area contributed by atoms with E-state index in [1.807, 2.05) is 5.32 Å². The van der Waals surface area contributed by atoms with Crippen LogP contribution in [0.15, 0.2) is 30.9 Å². The molecule has 35 heavy (non-hydrogen) atoms. The van der Waals surface area contributed by atoms with Gasteiger partial charge in [-0.3, -0.25) is 4.98 Å². The molecule has 4 rings (SSSR count). The largest absolute Gasteiger partial charge is 0.494 e. The van der Waals surface area contributed by atoms with E-state index in [0.717, 1.165) is 12.3 Å². The minimum absolute atomic E-state index is 0.119. The van der Waals surface area contributed by atoms with Gasteiger partial charge in [0.15, 0.2) is 11.7 Å². The lowest BCUT2D eigenvalue weighted by Gasteiger charge is -2.32. The number of imidazole rings is 1. The fourth-order valence-corrected chi connectivity index (χ4v) is 3.69. The molecule has 1 N–H and O–H groups in total. The Bertz CT molecular complexity index is 1250. The number of ether oxygens (including phenoxy) is 2. The maximum atomic E-state index is 14.2. The van der Waals surface area contributed by atoms with Gasteiger partial charge in [-0.1, -0.05) is 0 Å². The molecule has 0 radical (unpaired) electrons. The SMILES string of the molecule is CCN(C(=O)NC1CC1(F)F)C(c1cc(-c2cn3ccnc3c(OC)n2)c(OC)cn1)C(F)(F)F. The molecular formula is C21H21F5N6O3. The first kappa shape index (κ1) is 24.4. The lowest BCUT2D eigenvalue weighted by atomic mass is 10.1. The van der Waals surface area contributed by atoms with Gasteiger partial charge in [-0.2, -0.15) is 13.2 Å². The van der Waals surface area contributed by atoms with Gasteiger partial charge in [0.25, 0.3) is 11.8 Å². The number of rotatable bonds is 7. The van der Waals surface area contributed by atoms with Gasteiger partial charge >= 0.3 is 12.2 Å². The average Bonchev–Trinajstić information content (AvgIpc) is 3.18. The monoisotopic (exact) mass is 500 g/mol. The second-order valence-corrected chi connectivity index (χ2v) is 7.80. The van der Waals surface area contributed by atoms with Gasteiger partial charge in [0.1, 0.15) is 11.8 Å². The van der Waals surface area contributed by atoms with Crippen LogP contribution in [0, 0.1) is 0 Å². The van der Waals surface area contributed by atoms with Gasteiger partial charge in [0, 0.05) is 37.1 Å². The molecule has 14 heteroatoms. The average molecular weight is 500 g/mol. The lowest BCUT2D eigenvalue weighted by Crippen LogP contribution is -2.48. The number of methoxy groups -OCH3 is 2. The van der Waals surface area contributed by atoms with Gasteiger partial charge in [-0.05, 0) is 13.0 Å². The Morgan fingerprint density at radius 2 is 2.03 bits per heavy atom. The van der Waals surface area contributed by atoms with Gasteiger partial charge in [0.05, 0.1) is 31.8 Å². The predicted molar refractivity (Wildman–Crippen MR) is 112 cm³/mol. The number of hydrogen-bond acceptors (Lipinski definition) is 6. The predicted octanol–water partition coefficient (Wildman–Crippen LogP) is 3.85. The molecule has 1 saturated carbocycles. The van der Waals surface area contributed by atoms with Crippen LogP contribution < -0.4 is 14.8 Å². The molecule has 3 aromatic rings. The van der Waals surface area contributed by atoms with Crippen LogP contribution in [0.25, 0.3) is 16.9 Å². The third-order valence-electron chi connectivity index (χ3n) is 5.55. The third kappa shape index (κ3) is 4.64. The first-order valence-electron chi connectivity index (χ1n) is 10.4. The van der Waals surface area contributed by atoms with E-state index in [9.17, 15) is 26.7 Å². The topological polar surface area (TPSA) is 93.9 Å². The number of alkyl halides is 5. The second kappa shape index (κ2) is 8.82. The number of fused-ring (bicyclic) bond motifs is 1. The Morgan fingerprint density at radius 1 is 1.31 bits per heavy atom. The van der Waals surface area contributed by atoms with E-state index in [-0.39, 0.29) is 22.9 Å². The zero-order chi connectivity index (χ0) is 25.5. The van der Waals surface area contributed by atoms with Gasteiger partial charge in [-0.15, -0.1) is 0 Å². The highest BCUT2D eigenvalue weighted by molar-refractivity contribution is 5.76. The van der Waals surface area contributed by atoms with Crippen LogP contribution in [0.5, 0.6) is 11.6 Å². The molecule has 2 amide bonds. The van der Waals surface area contributed by atoms with Crippen molar-refractivity contribution < 1.29 is 36.2 Å². The Hall–Kier alpha value is -3.71. The molecule has 3 heterocycles. The standard InChI is InChI=1S/C21H21F5N6O3/c1-4-32(19(33)30-15-8-20(15,22)23)16(21(24,25)26)12-7-11(14(34-2)9-28-12)13-10-31-6-5-27-17(31)18(29-13)35-3/h5-7,9-10,15-16H,4,8H2,1-3H3,(H,30,33). The summed E-state index contributed by atoms with van der Waals surface area (Å²) in [5.74, 6) is -2.89. The summed E-state index contributed by atoms with van der Waals surface area (Å²) < 4.78 is 81.3. The number of urea groups is 1. The van der Waals surface area contributed by atoms with Crippen molar-refractivity contribution in [2.45, 2.75) is 37.5 Å². The molecule has 1 aliphatic carbocycles. The highest BCUT2D eigenvalue weighted by atomic mass is 19.4. The summed E-state index contributed by atoms with van der Waals surface area (Å²) in [5.41, 5.74) is 0.187. The van der Waals surface area contributed by atoms with Gasteiger partial charge in [-0.25, -0.2) is 23.5 Å². The molecule has 9 nitrogen and oxygen atoms in total. The zero-order valence-corrected chi connectivity index (χ0v) is 18.8. The number of aromatic nitrogens is 4. The maximum Gasteiger partial charge on any atom is 0.414 e. The molecule has 2 unspecified atom stereocenters. The molecule has 188 valence electrons. The highest BCUT2D eigenvalue weighted by Crippen LogP contribution is 2.43. The van der Waals surface area contributed by atoms with E-state index >= 15 is 0 Å². The fraction of sp³-hybridized carbons (Fsp3) is 0.429. The maximum absolute atomic E-state index is 14.2. The number of halogens is 5. The summed E-state index contributed by atoms with van der Waals surface area (Å²) >= 11 is 0. The molecule has 0 aliphatic heterocycles. The quantitative estimate of drug-likeness (QED) is 0.496. The van der Waals surface area contributed by atoms with Crippen molar-refractivity contribution in [2.75, 3.05) is 20.8 Å². The molecule has 1 fully saturated rings. The van der Waals surface area contributed by atoms with Crippen LogP contribution in [0.2, 0.25) is 0 Å². The van der Waals surface area contributed by atoms with E-state index in [1.165, 1.54) is 33.5 Å². The molecule has 0 bridgehead atoms. The van der Waals surface area contributed by atoms with Crippen LogP contribution in [-0.4, -0.2) is 69.2 Å². The number of carbonyl (C=O) groups excluding carboxylic acids is 1. The Labute approximate surface area is 195 Å². The molecule has 1 aliphatic rings. The second-order valence-electron chi connectivity index (χ2n) is 7.80. The van der Waals surface area contributed by atoms with E-state index in [1.54, 1.807) is 10.6 Å². The lowest BCUT2D eigenvalue weighted by molar-refractivity contribution is -0.179. The third-order valence-corrected chi connectivity index (χ3v) is 5.55. The van der Waals surface area contributed by atoms with Crippen LogP contribution in [0.4, 0.5) is 26.7 Å². The van der Waals surface area contributed by atoms with Crippen LogP contribution >= 0.6 is 0 Å². The van der Waals surface area contributed by atoms with Crippen molar-refractivity contribution >= 4 is 11.7 Å². The zero-order valence-electron chi connectivity index (χ0n) is 18.8. The Balaban J connectivity index is 1.78. The van der Waals surface area contributed by atoms with E-state index in [2.05, 4.69) is 15.0 Å². The minimum Gasteiger partial charge on any atom is -0.494 e. The smallest absolute Gasteiger partial charge is 0.414 e. The van der Waals surface area contributed by atoms with E-state index in [4.69, 9.17) is 9.47 Å². The number of hydrogen-bond donors (Lipinski definition) is 1. The number of nitrogens with one attached hydrogen (secondary N) is 1. The molecular weight excluding hydrogens is 479 g/mol. The Morgan fingerprint density at radius 3 is 2.60 bits per heavy atom. The van der Waals surface area contributed by atoms with Gasteiger partial charge in [0.2, 0.25) is 0 Å². The summed E-state index contributed by atoms with van der Waals surface area (Å²) in [7, 11) is 2.69. The highest BCUT2D eigenvalue weighted by Gasteiger charge is 2.59. The first-order valence-corrected chi connectivity index (χ1v) is 10.4. The van der Waals surface area contributed by atoms with Gasteiger partial charge < -0.3 is 24.1 Å². The molecule has 0 spiro atoms. The molecule has 3 aromatic heterocycles. The van der Waals surface area contributed by atoms with Crippen molar-refractivity contribution in [1.82, 2.24) is 29.6 Å². The number of amides is 2. The summed E-state index contributed by atoms with van der Waals surface area (Å²) in [6.07, 6.45) is 0.122. The van der Waals surface area contributed by atoms with Crippen molar-refractivity contribution in [3.8, 4) is 22.9 Å². The fourth-order valence-electron chi connectivity index (χ4n) is 3.69. The minimum atomic E-state index is -4.96. The molecule has 0 aromatic carbocycles. The summed E-state index contributed by atoms with van der Waals surface area (Å²) in [5, 5.41) is 1.96. The first-order chi connectivity index (χ1) is 16.5. The normalized spacial score (nSPS) is 17.7. The number of pyridine rings is 1. The summed E-state index contributed by atoms with van der Waals surface area (Å²) in [6.45, 7) is 0.900. The van der Waals surface area contributed by atoms with Crippen LogP contribution in [0.1, 0.15) is 25.1 Å². The van der Waals surface area contributed by atoms with Crippen LogP contribution in [-0.2, 0) is 0 Å². The number of nitrogens with zero attached hydrogens (tertiary/aromatic N) is 5. The Kier molecular flexibility index (Phi) is 6.15. The molecule has 2 atom stereocenters. The summed E-state index contributed by atoms with van der Waals surface area (Å²) in [6, 6.07) is -4.18. The number of carbonyl (C=O) groups is 1. The molecule has 0 saturated heterocycles. The summed E-state index contributed by atoms with van der Waals surface area (Å²) in [4.78, 5) is 25.3.